The van der Waals surface area contributed by atoms with Crippen LogP contribution in [0.2, 0.25) is 0 Å². The van der Waals surface area contributed by atoms with E-state index in [-0.39, 0.29) is 29.4 Å². The maximum absolute atomic E-state index is 4.26. The number of aliphatic imine (C=N–C) groups is 1. The summed E-state index contributed by atoms with van der Waals surface area (Å²) in [5, 5.41) is 10.8. The lowest BCUT2D eigenvalue weighted by atomic mass is 9.86. The Hall–Kier alpha value is -1.57. The number of rotatable bonds is 5. The summed E-state index contributed by atoms with van der Waals surface area (Å²) in [5.41, 5.74) is 4.02. The molecule has 6 heteroatoms. The molecule has 0 fully saturated rings. The summed E-state index contributed by atoms with van der Waals surface area (Å²) in [7, 11) is 3.73. The van der Waals surface area contributed by atoms with E-state index in [0.717, 1.165) is 24.6 Å². The van der Waals surface area contributed by atoms with Gasteiger partial charge in [-0.05, 0) is 29.0 Å². The Balaban J connectivity index is 0.00000312. The molecule has 1 aromatic carbocycles. The van der Waals surface area contributed by atoms with Crippen LogP contribution in [0.15, 0.2) is 41.5 Å². The first kappa shape index (κ1) is 21.5. The Labute approximate surface area is 168 Å². The van der Waals surface area contributed by atoms with Crippen LogP contribution in [0.5, 0.6) is 0 Å². The zero-order valence-corrected chi connectivity index (χ0v) is 18.2. The summed E-state index contributed by atoms with van der Waals surface area (Å²) in [6.07, 6.45) is 2.77. The van der Waals surface area contributed by atoms with Gasteiger partial charge in [-0.3, -0.25) is 9.67 Å². The third-order valence-electron chi connectivity index (χ3n) is 4.11. The molecule has 25 heavy (non-hydrogen) atoms. The monoisotopic (exact) mass is 455 g/mol. The largest absolute Gasteiger partial charge is 0.356 e. The topological polar surface area (TPSA) is 54.2 Å². The highest BCUT2D eigenvalue weighted by Crippen LogP contribution is 2.22. The van der Waals surface area contributed by atoms with Crippen LogP contribution in [0.1, 0.15) is 37.6 Å². The van der Waals surface area contributed by atoms with Gasteiger partial charge < -0.3 is 10.6 Å². The van der Waals surface area contributed by atoms with Gasteiger partial charge in [0.15, 0.2) is 5.96 Å². The van der Waals surface area contributed by atoms with Crippen LogP contribution in [-0.4, -0.2) is 29.3 Å². The van der Waals surface area contributed by atoms with Gasteiger partial charge in [0.2, 0.25) is 0 Å². The molecular weight excluding hydrogens is 425 g/mol. The van der Waals surface area contributed by atoms with E-state index in [2.05, 4.69) is 65.8 Å². The fourth-order valence-electron chi connectivity index (χ4n) is 2.47. The first-order chi connectivity index (χ1) is 11.4. The zero-order chi connectivity index (χ0) is 17.6. The number of aromatic nitrogens is 2. The lowest BCUT2D eigenvalue weighted by molar-refractivity contribution is 0.590. The van der Waals surface area contributed by atoms with Crippen LogP contribution in [0.3, 0.4) is 0 Å². The molecule has 0 aliphatic rings. The normalized spacial score (nSPS) is 11.8. The Morgan fingerprint density at radius 3 is 2.32 bits per heavy atom. The highest BCUT2D eigenvalue weighted by atomic mass is 127. The minimum atomic E-state index is 0. The molecule has 138 valence electrons. The minimum absolute atomic E-state index is 0. The van der Waals surface area contributed by atoms with E-state index in [1.54, 1.807) is 13.2 Å². The van der Waals surface area contributed by atoms with Crippen LogP contribution < -0.4 is 10.6 Å². The number of guanidine groups is 1. The van der Waals surface area contributed by atoms with Gasteiger partial charge in [0, 0.05) is 26.8 Å². The predicted molar refractivity (Wildman–Crippen MR) is 116 cm³/mol. The van der Waals surface area contributed by atoms with Crippen molar-refractivity contribution in [2.24, 2.45) is 12.0 Å². The fourth-order valence-corrected chi connectivity index (χ4v) is 2.47. The highest BCUT2D eigenvalue weighted by Gasteiger charge is 2.12. The second-order valence-electron chi connectivity index (χ2n) is 7.00. The van der Waals surface area contributed by atoms with Gasteiger partial charge >= 0.3 is 0 Å². The summed E-state index contributed by atoms with van der Waals surface area (Å²) in [4.78, 5) is 4.26. The molecule has 0 atom stereocenters. The molecule has 0 aliphatic heterocycles. The number of benzene rings is 1. The first-order valence-corrected chi connectivity index (χ1v) is 8.41. The van der Waals surface area contributed by atoms with Crippen LogP contribution in [0, 0.1) is 0 Å². The maximum atomic E-state index is 4.26. The van der Waals surface area contributed by atoms with Crippen molar-refractivity contribution in [1.29, 1.82) is 0 Å². The molecule has 2 N–H and O–H groups in total. The Bertz CT molecular complexity index is 668. The van der Waals surface area contributed by atoms with Gasteiger partial charge in [0.1, 0.15) is 0 Å². The van der Waals surface area contributed by atoms with Crippen molar-refractivity contribution in [3.8, 4) is 0 Å². The summed E-state index contributed by atoms with van der Waals surface area (Å²) in [6, 6.07) is 10.9. The molecule has 5 nitrogen and oxygen atoms in total. The molecular formula is C19H30IN5. The minimum Gasteiger partial charge on any atom is -0.356 e. The smallest absolute Gasteiger partial charge is 0.191 e. The molecule has 0 aliphatic carbocycles. The second-order valence-corrected chi connectivity index (χ2v) is 7.00. The number of halogens is 1. The molecule has 0 radical (unpaired) electrons. The Kier molecular flexibility index (Phi) is 8.41. The standard InChI is InChI=1S/C19H29N5.HI/c1-19(2,3)16-8-6-15(7-9-16)10-12-21-18(20-4)22-14-17-11-13-23-24(17)5;/h6-9,11,13H,10,12,14H2,1-5H3,(H2,20,21,22);1H. The number of hydrogen-bond acceptors (Lipinski definition) is 2. The van der Waals surface area contributed by atoms with Gasteiger partial charge in [-0.1, -0.05) is 45.0 Å². The number of hydrogen-bond donors (Lipinski definition) is 2. The number of nitrogens with one attached hydrogen (secondary N) is 2. The fraction of sp³-hybridized carbons (Fsp3) is 0.474. The van der Waals surface area contributed by atoms with Crippen molar-refractivity contribution in [2.75, 3.05) is 13.6 Å². The van der Waals surface area contributed by atoms with Gasteiger partial charge in [-0.15, -0.1) is 24.0 Å². The third kappa shape index (κ3) is 6.68. The van der Waals surface area contributed by atoms with Gasteiger partial charge in [-0.2, -0.15) is 5.10 Å². The zero-order valence-electron chi connectivity index (χ0n) is 15.8. The average molecular weight is 455 g/mol. The van der Waals surface area contributed by atoms with Crippen molar-refractivity contribution in [1.82, 2.24) is 20.4 Å². The van der Waals surface area contributed by atoms with E-state index in [0.29, 0.717) is 6.54 Å². The Morgan fingerprint density at radius 2 is 1.80 bits per heavy atom. The van der Waals surface area contributed by atoms with Crippen molar-refractivity contribution in [2.45, 2.75) is 39.2 Å². The van der Waals surface area contributed by atoms with E-state index in [9.17, 15) is 0 Å². The SMILES string of the molecule is CN=C(NCCc1ccc(C(C)(C)C)cc1)NCc1ccnn1C.I. The van der Waals surface area contributed by atoms with E-state index in [1.807, 2.05) is 17.8 Å². The highest BCUT2D eigenvalue weighted by molar-refractivity contribution is 14.0. The first-order valence-electron chi connectivity index (χ1n) is 8.41. The summed E-state index contributed by atoms with van der Waals surface area (Å²) in [6.45, 7) is 8.26. The second kappa shape index (κ2) is 9.79. The molecule has 0 bridgehead atoms. The summed E-state index contributed by atoms with van der Waals surface area (Å²) in [5.74, 6) is 0.808. The van der Waals surface area contributed by atoms with Crippen LogP contribution in [0.4, 0.5) is 0 Å². The number of nitrogens with zero attached hydrogens (tertiary/aromatic N) is 3. The molecule has 0 saturated heterocycles. The van der Waals surface area contributed by atoms with Crippen molar-refractivity contribution >= 4 is 29.9 Å². The molecule has 2 rings (SSSR count). The van der Waals surface area contributed by atoms with Crippen molar-refractivity contribution < 1.29 is 0 Å². The molecule has 1 aromatic heterocycles. The van der Waals surface area contributed by atoms with E-state index in [1.165, 1.54) is 11.1 Å². The van der Waals surface area contributed by atoms with E-state index >= 15 is 0 Å². The lowest BCUT2D eigenvalue weighted by Crippen LogP contribution is -2.38. The van der Waals surface area contributed by atoms with Gasteiger partial charge in [0.05, 0.1) is 12.2 Å². The maximum Gasteiger partial charge on any atom is 0.191 e. The Morgan fingerprint density at radius 1 is 1.12 bits per heavy atom. The molecule has 0 amide bonds. The quantitative estimate of drug-likeness (QED) is 0.414. The third-order valence-corrected chi connectivity index (χ3v) is 4.11. The van der Waals surface area contributed by atoms with Crippen molar-refractivity contribution in [3.63, 3.8) is 0 Å². The summed E-state index contributed by atoms with van der Waals surface area (Å²) >= 11 is 0. The lowest BCUT2D eigenvalue weighted by Gasteiger charge is -2.19. The van der Waals surface area contributed by atoms with Gasteiger partial charge in [-0.25, -0.2) is 0 Å². The average Bonchev–Trinajstić information content (AvgIpc) is 2.95. The van der Waals surface area contributed by atoms with Crippen LogP contribution in [0.25, 0.3) is 0 Å². The molecule has 0 saturated carbocycles. The number of aryl methyl sites for hydroxylation is 1. The van der Waals surface area contributed by atoms with Gasteiger partial charge in [0.25, 0.3) is 0 Å². The molecule has 1 heterocycles. The summed E-state index contributed by atoms with van der Waals surface area (Å²) < 4.78 is 1.86. The molecule has 0 spiro atoms. The van der Waals surface area contributed by atoms with E-state index < -0.39 is 0 Å². The van der Waals surface area contributed by atoms with Crippen LogP contribution in [-0.2, 0) is 25.4 Å². The molecule has 0 unspecified atom stereocenters. The van der Waals surface area contributed by atoms with Crippen LogP contribution >= 0.6 is 24.0 Å². The van der Waals surface area contributed by atoms with Crippen molar-refractivity contribution in [3.05, 3.63) is 53.3 Å². The van der Waals surface area contributed by atoms with E-state index in [4.69, 9.17) is 0 Å². The predicted octanol–water partition coefficient (Wildman–Crippen LogP) is 3.24. The molecule has 2 aromatic rings.